The van der Waals surface area contributed by atoms with Crippen LogP contribution < -0.4 is 0 Å². The molecule has 5 nitrogen and oxygen atoms in total. The molecule has 0 unspecified atom stereocenters. The van der Waals surface area contributed by atoms with Crippen LogP contribution >= 0.6 is 11.6 Å². The Morgan fingerprint density at radius 3 is 2.48 bits per heavy atom. The first-order valence-corrected chi connectivity index (χ1v) is 9.24. The van der Waals surface area contributed by atoms with Crippen molar-refractivity contribution in [1.29, 1.82) is 0 Å². The lowest BCUT2D eigenvalue weighted by molar-refractivity contribution is 0.0644. The summed E-state index contributed by atoms with van der Waals surface area (Å²) in [4.78, 5) is 16.2. The van der Waals surface area contributed by atoms with Gasteiger partial charge in [0, 0.05) is 49.6 Å². The van der Waals surface area contributed by atoms with Crippen LogP contribution in [0.5, 0.6) is 0 Å². The molecule has 1 fully saturated rings. The summed E-state index contributed by atoms with van der Waals surface area (Å²) in [6.45, 7) is 3.13. The maximum atomic E-state index is 12.3. The number of halogens is 1. The third-order valence-electron chi connectivity index (χ3n) is 3.51. The highest BCUT2D eigenvalue weighted by Gasteiger charge is 2.22. The molecule has 1 aromatic carbocycles. The fourth-order valence-electron chi connectivity index (χ4n) is 2.27. The molecule has 1 aromatic rings. The highest BCUT2D eigenvalue weighted by molar-refractivity contribution is 7.90. The maximum absolute atomic E-state index is 12.3. The molecule has 0 spiro atoms. The third kappa shape index (κ3) is 4.98. The number of nitrogens with zero attached hydrogens (tertiary/aromatic N) is 2. The van der Waals surface area contributed by atoms with Gasteiger partial charge in [0.2, 0.25) is 0 Å². The summed E-state index contributed by atoms with van der Waals surface area (Å²) in [6.07, 6.45) is 1.24. The van der Waals surface area contributed by atoms with Crippen molar-refractivity contribution in [1.82, 2.24) is 9.80 Å². The van der Waals surface area contributed by atoms with E-state index in [0.717, 1.165) is 0 Å². The van der Waals surface area contributed by atoms with E-state index in [1.54, 1.807) is 29.2 Å². The highest BCUT2D eigenvalue weighted by atomic mass is 35.5. The molecule has 116 valence electrons. The fraction of sp³-hybridized carbons (Fsp3) is 0.500. The van der Waals surface area contributed by atoms with Crippen LogP contribution in [0.3, 0.4) is 0 Å². The zero-order chi connectivity index (χ0) is 15.5. The van der Waals surface area contributed by atoms with Crippen LogP contribution in [-0.2, 0) is 9.84 Å². The number of benzene rings is 1. The second-order valence-corrected chi connectivity index (χ2v) is 7.97. The molecule has 0 saturated carbocycles. The van der Waals surface area contributed by atoms with Crippen LogP contribution in [-0.4, -0.2) is 68.9 Å². The number of carbonyl (C=O) groups is 1. The van der Waals surface area contributed by atoms with E-state index in [1.165, 1.54) is 6.26 Å². The molecule has 1 heterocycles. The van der Waals surface area contributed by atoms with Crippen LogP contribution in [0.15, 0.2) is 24.3 Å². The van der Waals surface area contributed by atoms with Crippen LogP contribution in [0.4, 0.5) is 0 Å². The monoisotopic (exact) mass is 330 g/mol. The van der Waals surface area contributed by atoms with Gasteiger partial charge in [0.1, 0.15) is 9.84 Å². The minimum absolute atomic E-state index is 0.0275. The standard InChI is InChI=1S/C14H19ClN2O3S/c1-21(19,20)10-9-16-5-7-17(8-6-16)14(18)12-3-2-4-13(15)11-12/h2-4,11H,5-10H2,1H3. The molecule has 21 heavy (non-hydrogen) atoms. The Hall–Kier alpha value is -1.11. The predicted molar refractivity (Wildman–Crippen MR) is 83.5 cm³/mol. The Morgan fingerprint density at radius 1 is 1.24 bits per heavy atom. The van der Waals surface area contributed by atoms with E-state index in [1.807, 2.05) is 0 Å². The molecule has 0 bridgehead atoms. The predicted octanol–water partition coefficient (Wildman–Crippen LogP) is 1.14. The maximum Gasteiger partial charge on any atom is 0.253 e. The molecule has 7 heteroatoms. The minimum atomic E-state index is -2.94. The van der Waals surface area contributed by atoms with E-state index < -0.39 is 9.84 Å². The summed E-state index contributed by atoms with van der Waals surface area (Å²) in [6, 6.07) is 6.92. The molecule has 0 aliphatic carbocycles. The van der Waals surface area contributed by atoms with E-state index >= 15 is 0 Å². The van der Waals surface area contributed by atoms with Crippen molar-refractivity contribution in [2.75, 3.05) is 44.7 Å². The molecule has 1 saturated heterocycles. The molecule has 0 aromatic heterocycles. The molecule has 0 N–H and O–H groups in total. The summed E-state index contributed by atoms with van der Waals surface area (Å²) >= 11 is 5.90. The number of hydrogen-bond donors (Lipinski definition) is 0. The SMILES string of the molecule is CS(=O)(=O)CCN1CCN(C(=O)c2cccc(Cl)c2)CC1. The third-order valence-corrected chi connectivity index (χ3v) is 4.67. The first-order valence-electron chi connectivity index (χ1n) is 6.80. The summed E-state index contributed by atoms with van der Waals surface area (Å²) in [5.41, 5.74) is 0.590. The van der Waals surface area contributed by atoms with Crippen molar-refractivity contribution in [3.8, 4) is 0 Å². The Balaban J connectivity index is 1.87. The molecular formula is C14H19ClN2O3S. The lowest BCUT2D eigenvalue weighted by Crippen LogP contribution is -2.49. The largest absolute Gasteiger partial charge is 0.336 e. The quantitative estimate of drug-likeness (QED) is 0.831. The van der Waals surface area contributed by atoms with Crippen molar-refractivity contribution in [2.45, 2.75) is 0 Å². The average Bonchev–Trinajstić information content (AvgIpc) is 2.44. The number of amides is 1. The normalized spacial score (nSPS) is 17.0. The van der Waals surface area contributed by atoms with E-state index in [4.69, 9.17) is 11.6 Å². The fourth-order valence-corrected chi connectivity index (χ4v) is 3.05. The van der Waals surface area contributed by atoms with Gasteiger partial charge in [-0.3, -0.25) is 9.69 Å². The number of rotatable bonds is 4. The minimum Gasteiger partial charge on any atom is -0.336 e. The molecule has 1 aliphatic rings. The number of carbonyl (C=O) groups excluding carboxylic acids is 1. The second-order valence-electron chi connectivity index (χ2n) is 5.27. The van der Waals surface area contributed by atoms with E-state index in [0.29, 0.717) is 43.3 Å². The lowest BCUT2D eigenvalue weighted by atomic mass is 10.2. The van der Waals surface area contributed by atoms with Gasteiger partial charge in [0.25, 0.3) is 5.91 Å². The van der Waals surface area contributed by atoms with E-state index in [9.17, 15) is 13.2 Å². The zero-order valence-electron chi connectivity index (χ0n) is 12.0. The first-order chi connectivity index (χ1) is 9.85. The number of piperazine rings is 1. The summed E-state index contributed by atoms with van der Waals surface area (Å²) in [5.74, 6) is 0.134. The van der Waals surface area contributed by atoms with Gasteiger partial charge in [-0.2, -0.15) is 0 Å². The van der Waals surface area contributed by atoms with Crippen LogP contribution in [0.1, 0.15) is 10.4 Å². The van der Waals surface area contributed by atoms with E-state index in [-0.39, 0.29) is 11.7 Å². The molecule has 1 amide bonds. The summed E-state index contributed by atoms with van der Waals surface area (Å²) in [5, 5.41) is 0.549. The second kappa shape index (κ2) is 6.77. The Bertz CT molecular complexity index is 610. The lowest BCUT2D eigenvalue weighted by Gasteiger charge is -2.34. The van der Waals surface area contributed by atoms with Crippen molar-refractivity contribution in [3.63, 3.8) is 0 Å². The first kappa shape index (κ1) is 16.3. The van der Waals surface area contributed by atoms with Crippen molar-refractivity contribution >= 4 is 27.3 Å². The van der Waals surface area contributed by atoms with Gasteiger partial charge in [-0.15, -0.1) is 0 Å². The van der Waals surface area contributed by atoms with Gasteiger partial charge in [0.15, 0.2) is 0 Å². The summed E-state index contributed by atoms with van der Waals surface area (Å²) < 4.78 is 22.3. The topological polar surface area (TPSA) is 57.7 Å². The van der Waals surface area contributed by atoms with Gasteiger partial charge in [0.05, 0.1) is 5.75 Å². The highest BCUT2D eigenvalue weighted by Crippen LogP contribution is 2.14. The molecular weight excluding hydrogens is 312 g/mol. The Kier molecular flexibility index (Phi) is 5.24. The van der Waals surface area contributed by atoms with Crippen LogP contribution in [0.25, 0.3) is 0 Å². The number of hydrogen-bond acceptors (Lipinski definition) is 4. The van der Waals surface area contributed by atoms with Gasteiger partial charge in [-0.1, -0.05) is 17.7 Å². The van der Waals surface area contributed by atoms with Gasteiger partial charge < -0.3 is 4.90 Å². The number of sulfone groups is 1. The average molecular weight is 331 g/mol. The Morgan fingerprint density at radius 2 is 1.90 bits per heavy atom. The van der Waals surface area contributed by atoms with Crippen LogP contribution in [0.2, 0.25) is 5.02 Å². The Labute approximate surface area is 130 Å². The van der Waals surface area contributed by atoms with Crippen molar-refractivity contribution < 1.29 is 13.2 Å². The van der Waals surface area contributed by atoms with Gasteiger partial charge >= 0.3 is 0 Å². The molecule has 1 aliphatic heterocycles. The van der Waals surface area contributed by atoms with E-state index in [2.05, 4.69) is 4.90 Å². The molecule has 0 atom stereocenters. The van der Waals surface area contributed by atoms with Crippen molar-refractivity contribution in [3.05, 3.63) is 34.9 Å². The smallest absolute Gasteiger partial charge is 0.253 e. The van der Waals surface area contributed by atoms with Gasteiger partial charge in [-0.05, 0) is 18.2 Å². The molecule has 2 rings (SSSR count). The summed E-state index contributed by atoms with van der Waals surface area (Å²) in [7, 11) is -2.94. The van der Waals surface area contributed by atoms with Crippen molar-refractivity contribution in [2.24, 2.45) is 0 Å². The zero-order valence-corrected chi connectivity index (χ0v) is 13.5. The molecule has 0 radical (unpaired) electrons. The van der Waals surface area contributed by atoms with Crippen LogP contribution in [0, 0.1) is 0 Å². The van der Waals surface area contributed by atoms with Gasteiger partial charge in [-0.25, -0.2) is 8.42 Å².